The molecule has 0 spiro atoms. The summed E-state index contributed by atoms with van der Waals surface area (Å²) in [6, 6.07) is 2.31. The van der Waals surface area contributed by atoms with Crippen LogP contribution in [0.2, 0.25) is 0 Å². The average molecular weight is 219 g/mol. The first-order valence-electron chi connectivity index (χ1n) is 5.40. The summed E-state index contributed by atoms with van der Waals surface area (Å²) in [7, 11) is 1.93. The third kappa shape index (κ3) is 1.74. The van der Waals surface area contributed by atoms with Crippen LogP contribution in [0.4, 0.5) is 5.69 Å². The quantitative estimate of drug-likeness (QED) is 0.815. The highest BCUT2D eigenvalue weighted by atomic mass is 15.1. The molecule has 2 aromatic rings. The van der Waals surface area contributed by atoms with E-state index in [1.807, 2.05) is 17.7 Å². The van der Waals surface area contributed by atoms with Crippen molar-refractivity contribution in [1.29, 1.82) is 0 Å². The Kier molecular flexibility index (Phi) is 2.78. The van der Waals surface area contributed by atoms with Gasteiger partial charge in [0.25, 0.3) is 0 Å². The molecule has 86 valence electrons. The topological polar surface area (TPSA) is 68.8 Å². The summed E-state index contributed by atoms with van der Waals surface area (Å²) in [6.45, 7) is 4.62. The Morgan fingerprint density at radius 2 is 2.25 bits per heavy atom. The molecule has 2 heterocycles. The van der Waals surface area contributed by atoms with Crippen molar-refractivity contribution in [3.63, 3.8) is 0 Å². The van der Waals surface area contributed by atoms with Gasteiger partial charge in [-0.15, -0.1) is 0 Å². The van der Waals surface area contributed by atoms with Crippen molar-refractivity contribution < 1.29 is 0 Å². The molecule has 5 nitrogen and oxygen atoms in total. The van der Waals surface area contributed by atoms with Crippen LogP contribution < -0.4 is 11.1 Å². The molecule has 0 aliphatic rings. The van der Waals surface area contributed by atoms with Crippen LogP contribution in [0, 0.1) is 0 Å². The summed E-state index contributed by atoms with van der Waals surface area (Å²) in [5.74, 6) is 0.848. The molecule has 0 fully saturated rings. The van der Waals surface area contributed by atoms with Gasteiger partial charge in [0.2, 0.25) is 0 Å². The van der Waals surface area contributed by atoms with Gasteiger partial charge in [0.1, 0.15) is 11.3 Å². The van der Waals surface area contributed by atoms with Crippen molar-refractivity contribution >= 4 is 16.9 Å². The van der Waals surface area contributed by atoms with E-state index < -0.39 is 0 Å². The van der Waals surface area contributed by atoms with Crippen LogP contribution >= 0.6 is 0 Å². The van der Waals surface area contributed by atoms with Crippen LogP contribution in [0.25, 0.3) is 11.2 Å². The highest BCUT2D eigenvalue weighted by Gasteiger charge is 2.11. The number of hydrogen-bond donors (Lipinski definition) is 2. The number of hydrogen-bond acceptors (Lipinski definition) is 4. The minimum Gasteiger partial charge on any atom is -0.381 e. The zero-order valence-corrected chi connectivity index (χ0v) is 9.86. The molecule has 0 amide bonds. The zero-order valence-electron chi connectivity index (χ0n) is 9.86. The van der Waals surface area contributed by atoms with Crippen LogP contribution in [-0.4, -0.2) is 20.6 Å². The Morgan fingerprint density at radius 3 is 2.88 bits per heavy atom. The molecule has 0 saturated carbocycles. The minimum absolute atomic E-state index is 0.369. The predicted octanol–water partition coefficient (Wildman–Crippen LogP) is 1.25. The number of aryl methyl sites for hydroxylation is 1. The van der Waals surface area contributed by atoms with Gasteiger partial charge in [-0.3, -0.25) is 0 Å². The first-order chi connectivity index (χ1) is 7.63. The van der Waals surface area contributed by atoms with Gasteiger partial charge in [-0.25, -0.2) is 9.97 Å². The summed E-state index contributed by atoms with van der Waals surface area (Å²) in [5.41, 5.74) is 8.40. The highest BCUT2D eigenvalue weighted by Crippen LogP contribution is 2.21. The fraction of sp³-hybridized carbons (Fsp3) is 0.455. The van der Waals surface area contributed by atoms with E-state index in [1.165, 1.54) is 0 Å². The molecule has 0 bridgehead atoms. The van der Waals surface area contributed by atoms with E-state index in [2.05, 4.69) is 29.1 Å². The van der Waals surface area contributed by atoms with Gasteiger partial charge in [0.15, 0.2) is 5.65 Å². The monoisotopic (exact) mass is 219 g/mol. The molecular formula is C11H17N5. The second-order valence-electron chi connectivity index (χ2n) is 4.12. The van der Waals surface area contributed by atoms with Crippen molar-refractivity contribution in [3.8, 4) is 0 Å². The lowest BCUT2D eigenvalue weighted by Crippen LogP contribution is -2.10. The van der Waals surface area contributed by atoms with E-state index in [9.17, 15) is 0 Å². The van der Waals surface area contributed by atoms with Crippen molar-refractivity contribution in [2.45, 2.75) is 26.4 Å². The number of nitrogens with two attached hydrogens (primary N) is 1. The Hall–Kier alpha value is -1.62. The summed E-state index contributed by atoms with van der Waals surface area (Å²) in [5, 5.41) is 3.36. The maximum Gasteiger partial charge on any atom is 0.161 e. The van der Waals surface area contributed by atoms with Crippen LogP contribution in [0.3, 0.4) is 0 Å². The average Bonchev–Trinajstić information content (AvgIpc) is 2.56. The SMILES string of the molecule is CC(C)Nc1ccnc2c1nc(CN)n2C. The Bertz CT molecular complexity index is 500. The van der Waals surface area contributed by atoms with Crippen molar-refractivity contribution in [1.82, 2.24) is 14.5 Å². The highest BCUT2D eigenvalue weighted by molar-refractivity contribution is 5.85. The van der Waals surface area contributed by atoms with E-state index in [-0.39, 0.29) is 0 Å². The molecule has 0 aliphatic heterocycles. The molecule has 0 aliphatic carbocycles. The summed E-state index contributed by atoms with van der Waals surface area (Å²) >= 11 is 0. The number of nitrogens with one attached hydrogen (secondary N) is 1. The van der Waals surface area contributed by atoms with E-state index >= 15 is 0 Å². The van der Waals surface area contributed by atoms with Gasteiger partial charge >= 0.3 is 0 Å². The van der Waals surface area contributed by atoms with Gasteiger partial charge in [-0.2, -0.15) is 0 Å². The summed E-state index contributed by atoms with van der Waals surface area (Å²) < 4.78 is 1.93. The first kappa shape index (κ1) is 10.9. The van der Waals surface area contributed by atoms with E-state index in [0.717, 1.165) is 22.7 Å². The lowest BCUT2D eigenvalue weighted by molar-refractivity contribution is 0.806. The van der Waals surface area contributed by atoms with Crippen molar-refractivity contribution in [3.05, 3.63) is 18.1 Å². The number of nitrogens with zero attached hydrogens (tertiary/aromatic N) is 3. The van der Waals surface area contributed by atoms with Gasteiger partial charge in [-0.1, -0.05) is 0 Å². The molecule has 0 saturated heterocycles. The van der Waals surface area contributed by atoms with Crippen molar-refractivity contribution in [2.75, 3.05) is 5.32 Å². The normalized spacial score (nSPS) is 11.3. The maximum absolute atomic E-state index is 5.63. The van der Waals surface area contributed by atoms with Gasteiger partial charge in [-0.05, 0) is 19.9 Å². The fourth-order valence-electron chi connectivity index (χ4n) is 1.73. The van der Waals surface area contributed by atoms with E-state index in [0.29, 0.717) is 12.6 Å². The van der Waals surface area contributed by atoms with Crippen LogP contribution in [-0.2, 0) is 13.6 Å². The molecular weight excluding hydrogens is 202 g/mol. The van der Waals surface area contributed by atoms with Crippen LogP contribution in [0.15, 0.2) is 12.3 Å². The molecule has 2 aromatic heterocycles. The molecule has 5 heteroatoms. The molecule has 0 atom stereocenters. The molecule has 0 radical (unpaired) electrons. The predicted molar refractivity (Wildman–Crippen MR) is 65.2 cm³/mol. The standard InChI is InChI=1S/C11H17N5/c1-7(2)14-8-4-5-13-11-10(8)15-9(6-12)16(11)3/h4-5,7H,6,12H2,1-3H3,(H,13,14). The van der Waals surface area contributed by atoms with Gasteiger partial charge < -0.3 is 15.6 Å². The third-order valence-electron chi connectivity index (χ3n) is 2.48. The molecule has 2 rings (SSSR count). The maximum atomic E-state index is 5.63. The second-order valence-corrected chi connectivity index (χ2v) is 4.12. The van der Waals surface area contributed by atoms with E-state index in [4.69, 9.17) is 5.73 Å². The number of fused-ring (bicyclic) bond motifs is 1. The van der Waals surface area contributed by atoms with E-state index in [1.54, 1.807) is 6.20 Å². The van der Waals surface area contributed by atoms with Gasteiger partial charge in [0.05, 0.1) is 12.2 Å². The lowest BCUT2D eigenvalue weighted by atomic mass is 10.3. The zero-order chi connectivity index (χ0) is 11.7. The summed E-state index contributed by atoms with van der Waals surface area (Å²) in [6.07, 6.45) is 1.79. The lowest BCUT2D eigenvalue weighted by Gasteiger charge is -2.09. The van der Waals surface area contributed by atoms with Gasteiger partial charge in [0, 0.05) is 19.3 Å². The number of pyridine rings is 1. The fourth-order valence-corrected chi connectivity index (χ4v) is 1.73. The van der Waals surface area contributed by atoms with Crippen LogP contribution in [0.5, 0.6) is 0 Å². The van der Waals surface area contributed by atoms with Crippen LogP contribution in [0.1, 0.15) is 19.7 Å². The third-order valence-corrected chi connectivity index (χ3v) is 2.48. The Morgan fingerprint density at radius 1 is 1.50 bits per heavy atom. The Labute approximate surface area is 94.7 Å². The number of anilines is 1. The molecule has 16 heavy (non-hydrogen) atoms. The Balaban J connectivity index is 2.59. The largest absolute Gasteiger partial charge is 0.381 e. The summed E-state index contributed by atoms with van der Waals surface area (Å²) in [4.78, 5) is 8.82. The molecule has 0 aromatic carbocycles. The van der Waals surface area contributed by atoms with Crippen molar-refractivity contribution in [2.24, 2.45) is 12.8 Å². The molecule has 0 unspecified atom stereocenters. The number of rotatable bonds is 3. The number of imidazole rings is 1. The number of aromatic nitrogens is 3. The molecule has 3 N–H and O–H groups in total. The second kappa shape index (κ2) is 4.09. The first-order valence-corrected chi connectivity index (χ1v) is 5.40. The minimum atomic E-state index is 0.369. The smallest absolute Gasteiger partial charge is 0.161 e.